The Morgan fingerprint density at radius 3 is 2.47 bits per heavy atom. The quantitative estimate of drug-likeness (QED) is 0.599. The third kappa shape index (κ3) is 4.72. The highest BCUT2D eigenvalue weighted by molar-refractivity contribution is 7.11. The number of halogens is 3. The molecule has 0 aliphatic heterocycles. The Morgan fingerprint density at radius 2 is 2.05 bits per heavy atom. The molecule has 0 saturated heterocycles. The average Bonchev–Trinajstić information content (AvgIpc) is 2.84. The fraction of sp³-hybridized carbons (Fsp3) is 0.727. The van der Waals surface area contributed by atoms with Crippen LogP contribution in [-0.4, -0.2) is 29.5 Å². The summed E-state index contributed by atoms with van der Waals surface area (Å²) >= 11 is 0.642. The lowest BCUT2D eigenvalue weighted by Crippen LogP contribution is -2.32. The van der Waals surface area contributed by atoms with Crippen molar-refractivity contribution in [1.82, 2.24) is 15.3 Å². The van der Waals surface area contributed by atoms with Crippen LogP contribution in [0, 0.1) is 0 Å². The lowest BCUT2D eigenvalue weighted by atomic mass is 10.2. The first-order valence-electron chi connectivity index (χ1n) is 6.13. The first-order chi connectivity index (χ1) is 8.92. The molecule has 1 rings (SSSR count). The number of hydrogen-bond acceptors (Lipinski definition) is 5. The van der Waals surface area contributed by atoms with Gasteiger partial charge in [-0.3, -0.25) is 11.3 Å². The van der Waals surface area contributed by atoms with Crippen LogP contribution in [0.4, 0.5) is 13.2 Å². The average molecular weight is 296 g/mol. The third-order valence-electron chi connectivity index (χ3n) is 2.94. The van der Waals surface area contributed by atoms with Gasteiger partial charge in [0, 0.05) is 11.1 Å². The summed E-state index contributed by atoms with van der Waals surface area (Å²) in [7, 11) is 0. The van der Waals surface area contributed by atoms with Gasteiger partial charge in [0.2, 0.25) is 0 Å². The van der Waals surface area contributed by atoms with E-state index in [9.17, 15) is 13.2 Å². The Morgan fingerprint density at radius 1 is 1.42 bits per heavy atom. The second-order valence-electron chi connectivity index (χ2n) is 4.10. The molecule has 0 amide bonds. The van der Waals surface area contributed by atoms with Gasteiger partial charge < -0.3 is 4.90 Å². The number of hydrazine groups is 1. The van der Waals surface area contributed by atoms with Crippen LogP contribution in [0.15, 0.2) is 6.20 Å². The summed E-state index contributed by atoms with van der Waals surface area (Å²) in [5, 5.41) is -0.828. The van der Waals surface area contributed by atoms with E-state index in [2.05, 4.69) is 15.3 Å². The predicted octanol–water partition coefficient (Wildman–Crippen LogP) is 2.40. The molecular weight excluding hydrogens is 277 g/mol. The predicted molar refractivity (Wildman–Crippen MR) is 69.6 cm³/mol. The minimum Gasteiger partial charge on any atom is -0.304 e. The zero-order valence-corrected chi connectivity index (χ0v) is 11.8. The van der Waals surface area contributed by atoms with Gasteiger partial charge >= 0.3 is 6.18 Å². The number of rotatable bonds is 7. The van der Waals surface area contributed by atoms with Gasteiger partial charge in [-0.05, 0) is 26.1 Å². The van der Waals surface area contributed by atoms with Crippen molar-refractivity contribution in [1.29, 1.82) is 0 Å². The van der Waals surface area contributed by atoms with E-state index in [1.165, 1.54) is 6.20 Å². The minimum absolute atomic E-state index is 0.297. The Hall–Kier alpha value is -0.700. The summed E-state index contributed by atoms with van der Waals surface area (Å²) in [4.78, 5) is 6.11. The number of nitrogens with zero attached hydrogens (tertiary/aromatic N) is 2. The van der Waals surface area contributed by atoms with Crippen molar-refractivity contribution in [3.63, 3.8) is 0 Å². The molecule has 0 saturated carbocycles. The van der Waals surface area contributed by atoms with Gasteiger partial charge in [-0.15, -0.1) is 11.3 Å². The normalized spacial score (nSPS) is 14.1. The summed E-state index contributed by atoms with van der Waals surface area (Å²) in [6.07, 6.45) is -2.49. The monoisotopic (exact) mass is 296 g/mol. The van der Waals surface area contributed by atoms with Crippen LogP contribution < -0.4 is 11.3 Å². The number of nitrogens with two attached hydrogens (primary N) is 1. The summed E-state index contributed by atoms with van der Waals surface area (Å²) in [6.45, 7) is 6.68. The van der Waals surface area contributed by atoms with Crippen molar-refractivity contribution in [3.8, 4) is 0 Å². The number of nitrogens with one attached hydrogen (secondary N) is 1. The molecule has 1 aromatic rings. The van der Waals surface area contributed by atoms with Crippen molar-refractivity contribution >= 4 is 11.3 Å². The fourth-order valence-electron chi connectivity index (χ4n) is 1.74. The van der Waals surface area contributed by atoms with Crippen molar-refractivity contribution in [2.24, 2.45) is 5.84 Å². The SMILES string of the molecule is CCN(CC)CCC(NN)c1cnc(C(F)(F)F)s1. The molecule has 0 fully saturated rings. The van der Waals surface area contributed by atoms with Crippen LogP contribution >= 0.6 is 11.3 Å². The Labute approximate surface area is 114 Å². The highest BCUT2D eigenvalue weighted by atomic mass is 32.1. The molecular formula is C11H19F3N4S. The van der Waals surface area contributed by atoms with Crippen LogP contribution in [0.3, 0.4) is 0 Å². The van der Waals surface area contributed by atoms with E-state index < -0.39 is 11.2 Å². The molecule has 1 heterocycles. The third-order valence-corrected chi connectivity index (χ3v) is 4.09. The Balaban J connectivity index is 2.67. The second kappa shape index (κ2) is 7.18. The van der Waals surface area contributed by atoms with Crippen molar-refractivity contribution < 1.29 is 13.2 Å². The van der Waals surface area contributed by atoms with Gasteiger partial charge in [-0.1, -0.05) is 13.8 Å². The van der Waals surface area contributed by atoms with Gasteiger partial charge in [0.25, 0.3) is 0 Å². The molecule has 4 nitrogen and oxygen atoms in total. The summed E-state index contributed by atoms with van der Waals surface area (Å²) in [6, 6.07) is -0.297. The van der Waals surface area contributed by atoms with E-state index in [4.69, 9.17) is 5.84 Å². The fourth-order valence-corrected chi connectivity index (χ4v) is 2.62. The Kier molecular flexibility index (Phi) is 6.18. The standard InChI is InChI=1S/C11H19F3N4S/c1-3-18(4-2)6-5-8(17-15)9-7-16-10(19-9)11(12,13)14/h7-8,17H,3-6,15H2,1-2H3. The molecule has 1 aromatic heterocycles. The van der Waals surface area contributed by atoms with Crippen molar-refractivity contribution in [2.75, 3.05) is 19.6 Å². The van der Waals surface area contributed by atoms with Gasteiger partial charge in [-0.25, -0.2) is 4.98 Å². The summed E-state index contributed by atoms with van der Waals surface area (Å²) < 4.78 is 37.4. The molecule has 0 aliphatic rings. The molecule has 8 heteroatoms. The van der Waals surface area contributed by atoms with E-state index in [0.717, 1.165) is 19.6 Å². The largest absolute Gasteiger partial charge is 0.443 e. The van der Waals surface area contributed by atoms with E-state index in [-0.39, 0.29) is 6.04 Å². The Bertz CT molecular complexity index is 376. The molecule has 3 N–H and O–H groups in total. The molecule has 0 aromatic carbocycles. The first-order valence-corrected chi connectivity index (χ1v) is 6.95. The maximum absolute atomic E-state index is 12.5. The number of thiazole rings is 1. The van der Waals surface area contributed by atoms with Crippen LogP contribution in [0.2, 0.25) is 0 Å². The molecule has 0 aliphatic carbocycles. The van der Waals surface area contributed by atoms with E-state index in [1.807, 2.05) is 13.8 Å². The van der Waals surface area contributed by atoms with Crippen LogP contribution in [0.25, 0.3) is 0 Å². The molecule has 110 valence electrons. The van der Waals surface area contributed by atoms with Crippen LogP contribution in [0.5, 0.6) is 0 Å². The van der Waals surface area contributed by atoms with E-state index >= 15 is 0 Å². The highest BCUT2D eigenvalue weighted by Crippen LogP contribution is 2.34. The summed E-state index contributed by atoms with van der Waals surface area (Å²) in [5.41, 5.74) is 2.56. The van der Waals surface area contributed by atoms with Gasteiger partial charge in [0.05, 0.1) is 6.04 Å². The minimum atomic E-state index is -4.39. The van der Waals surface area contributed by atoms with Crippen LogP contribution in [-0.2, 0) is 6.18 Å². The zero-order valence-electron chi connectivity index (χ0n) is 11.0. The topological polar surface area (TPSA) is 54.2 Å². The van der Waals surface area contributed by atoms with E-state index in [0.29, 0.717) is 22.6 Å². The smallest absolute Gasteiger partial charge is 0.304 e. The lowest BCUT2D eigenvalue weighted by Gasteiger charge is -2.21. The van der Waals surface area contributed by atoms with Crippen LogP contribution in [0.1, 0.15) is 36.2 Å². The molecule has 1 atom stereocenters. The summed E-state index contributed by atoms with van der Waals surface area (Å²) in [5.74, 6) is 5.42. The number of aromatic nitrogens is 1. The van der Waals surface area contributed by atoms with E-state index in [1.54, 1.807) is 0 Å². The number of alkyl halides is 3. The molecule has 0 spiro atoms. The molecule has 1 unspecified atom stereocenters. The van der Waals surface area contributed by atoms with Crippen molar-refractivity contribution in [2.45, 2.75) is 32.5 Å². The highest BCUT2D eigenvalue weighted by Gasteiger charge is 2.35. The first kappa shape index (κ1) is 16.4. The van der Waals surface area contributed by atoms with Gasteiger partial charge in [0.15, 0.2) is 5.01 Å². The second-order valence-corrected chi connectivity index (χ2v) is 5.16. The maximum atomic E-state index is 12.5. The maximum Gasteiger partial charge on any atom is 0.443 e. The van der Waals surface area contributed by atoms with Crippen molar-refractivity contribution in [3.05, 3.63) is 16.1 Å². The molecule has 0 radical (unpaired) electrons. The number of hydrogen-bond donors (Lipinski definition) is 2. The molecule has 0 bridgehead atoms. The zero-order chi connectivity index (χ0) is 14.5. The van der Waals surface area contributed by atoms with Gasteiger partial charge in [0.1, 0.15) is 0 Å². The lowest BCUT2D eigenvalue weighted by molar-refractivity contribution is -0.137. The van der Waals surface area contributed by atoms with Gasteiger partial charge in [-0.2, -0.15) is 13.2 Å². The molecule has 19 heavy (non-hydrogen) atoms.